The van der Waals surface area contributed by atoms with Crippen LogP contribution in [0.2, 0.25) is 0 Å². The SMILES string of the molecule is CC(C)(C)c1cc(-c2cccc3cccc(-c4ccccc4N(c4ccccc4-c4ccc5c(c4)oc4ccccc45)c4cccc5c4c4ccccc4n5-c4ccccc4)c23)cc(C(C)(C)C)c1. The molecule has 0 fully saturated rings. The Bertz CT molecular complexity index is 3890. The molecule has 0 aliphatic rings. The topological polar surface area (TPSA) is 21.3 Å². The van der Waals surface area contributed by atoms with E-state index >= 15 is 0 Å². The van der Waals surface area contributed by atoms with Gasteiger partial charge in [-0.25, -0.2) is 0 Å². The average molecular weight is 891 g/mol. The molecular formula is C66H54N2O. The van der Waals surface area contributed by atoms with Crippen LogP contribution in [0.25, 0.3) is 93.6 Å². The molecule has 0 unspecified atom stereocenters. The minimum Gasteiger partial charge on any atom is -0.456 e. The highest BCUT2D eigenvalue weighted by Gasteiger charge is 2.27. The van der Waals surface area contributed by atoms with E-state index in [0.29, 0.717) is 0 Å². The molecule has 69 heavy (non-hydrogen) atoms. The summed E-state index contributed by atoms with van der Waals surface area (Å²) in [6.45, 7) is 13.9. The van der Waals surface area contributed by atoms with Crippen molar-refractivity contribution in [2.75, 3.05) is 4.90 Å². The van der Waals surface area contributed by atoms with Crippen LogP contribution in [0, 0.1) is 0 Å². The van der Waals surface area contributed by atoms with Gasteiger partial charge in [0.05, 0.1) is 28.1 Å². The number of hydrogen-bond donors (Lipinski definition) is 0. The van der Waals surface area contributed by atoms with Gasteiger partial charge in [0.1, 0.15) is 11.2 Å². The third kappa shape index (κ3) is 7.20. The third-order valence-electron chi connectivity index (χ3n) is 14.1. The van der Waals surface area contributed by atoms with E-state index in [1.54, 1.807) is 0 Å². The Morgan fingerprint density at radius 1 is 0.362 bits per heavy atom. The number of para-hydroxylation sites is 5. The molecule has 3 nitrogen and oxygen atoms in total. The van der Waals surface area contributed by atoms with Crippen LogP contribution >= 0.6 is 0 Å². The molecule has 334 valence electrons. The predicted molar refractivity (Wildman–Crippen MR) is 294 cm³/mol. The molecule has 10 aromatic carbocycles. The van der Waals surface area contributed by atoms with Crippen LogP contribution in [0.4, 0.5) is 17.1 Å². The predicted octanol–water partition coefficient (Wildman–Crippen LogP) is 18.9. The molecule has 12 rings (SSSR count). The fourth-order valence-electron chi connectivity index (χ4n) is 10.6. The van der Waals surface area contributed by atoms with Gasteiger partial charge in [-0.15, -0.1) is 0 Å². The summed E-state index contributed by atoms with van der Waals surface area (Å²) in [5, 5.41) is 7.05. The van der Waals surface area contributed by atoms with Crippen molar-refractivity contribution in [3.05, 3.63) is 230 Å². The molecule has 0 bridgehead atoms. The van der Waals surface area contributed by atoms with E-state index < -0.39 is 0 Å². The maximum Gasteiger partial charge on any atom is 0.136 e. The quantitative estimate of drug-likeness (QED) is 0.159. The highest BCUT2D eigenvalue weighted by molar-refractivity contribution is 6.18. The summed E-state index contributed by atoms with van der Waals surface area (Å²) in [6, 6.07) is 80.2. The second kappa shape index (κ2) is 16.3. The van der Waals surface area contributed by atoms with E-state index in [-0.39, 0.29) is 10.8 Å². The van der Waals surface area contributed by atoms with Crippen molar-refractivity contribution in [3.63, 3.8) is 0 Å². The minimum absolute atomic E-state index is 0.0243. The van der Waals surface area contributed by atoms with Crippen LogP contribution < -0.4 is 4.90 Å². The number of anilines is 3. The van der Waals surface area contributed by atoms with Crippen molar-refractivity contribution >= 4 is 71.6 Å². The van der Waals surface area contributed by atoms with Crippen molar-refractivity contribution < 1.29 is 4.42 Å². The summed E-state index contributed by atoms with van der Waals surface area (Å²) < 4.78 is 8.95. The van der Waals surface area contributed by atoms with E-state index in [4.69, 9.17) is 4.42 Å². The Morgan fingerprint density at radius 3 is 1.65 bits per heavy atom. The molecule has 0 aliphatic heterocycles. The molecule has 0 radical (unpaired) electrons. The van der Waals surface area contributed by atoms with Gasteiger partial charge in [-0.2, -0.15) is 0 Å². The minimum atomic E-state index is -0.0243. The fourth-order valence-corrected chi connectivity index (χ4v) is 10.6. The molecular weight excluding hydrogens is 837 g/mol. The summed E-state index contributed by atoms with van der Waals surface area (Å²) in [5.41, 5.74) is 18.1. The van der Waals surface area contributed by atoms with Gasteiger partial charge in [0, 0.05) is 38.4 Å². The van der Waals surface area contributed by atoms with E-state index in [1.165, 1.54) is 49.4 Å². The fraction of sp³-hybridized carbons (Fsp3) is 0.121. The van der Waals surface area contributed by atoms with Crippen LogP contribution in [0.3, 0.4) is 0 Å². The van der Waals surface area contributed by atoms with E-state index in [1.807, 2.05) is 6.07 Å². The number of furan rings is 1. The van der Waals surface area contributed by atoms with Gasteiger partial charge in [-0.1, -0.05) is 199 Å². The summed E-state index contributed by atoms with van der Waals surface area (Å²) in [5.74, 6) is 0. The molecule has 2 aromatic heterocycles. The van der Waals surface area contributed by atoms with Crippen LogP contribution in [0.15, 0.2) is 223 Å². The molecule has 0 aliphatic carbocycles. The molecule has 3 heteroatoms. The molecule has 0 atom stereocenters. The zero-order valence-electron chi connectivity index (χ0n) is 40.1. The van der Waals surface area contributed by atoms with Gasteiger partial charge in [0.2, 0.25) is 0 Å². The summed E-state index contributed by atoms with van der Waals surface area (Å²) >= 11 is 0. The Labute approximate surface area is 404 Å². The molecule has 0 saturated heterocycles. The van der Waals surface area contributed by atoms with Crippen molar-refractivity contribution in [3.8, 4) is 39.1 Å². The Kier molecular flexibility index (Phi) is 9.97. The number of aromatic nitrogens is 1. The van der Waals surface area contributed by atoms with E-state index in [9.17, 15) is 0 Å². The standard InChI is InChI=1S/C66H54N2O/c1-65(2,3)46-39-45(40-47(42-46)66(4,5)6)50-29-18-21-43-22-19-30-54(63(43)50)51-26-11-15-32-57(51)68(56-31-14-10-25-49(56)44-37-38-53-52-27-13-17-36-61(52)69-62(53)41-44)60-35-20-34-59-64(60)55-28-12-16-33-58(55)67(59)48-23-8-7-9-24-48/h7-42H,1-6H3. The molecule has 0 N–H and O–H groups in total. The van der Waals surface area contributed by atoms with Gasteiger partial charge >= 0.3 is 0 Å². The van der Waals surface area contributed by atoms with Crippen molar-refractivity contribution in [2.24, 2.45) is 0 Å². The smallest absolute Gasteiger partial charge is 0.136 e. The second-order valence-corrected chi connectivity index (χ2v) is 20.5. The maximum atomic E-state index is 6.54. The van der Waals surface area contributed by atoms with Crippen molar-refractivity contribution in [1.82, 2.24) is 4.57 Å². The van der Waals surface area contributed by atoms with E-state index in [2.05, 4.69) is 263 Å². The lowest BCUT2D eigenvalue weighted by Crippen LogP contribution is -2.16. The van der Waals surface area contributed by atoms with Crippen molar-refractivity contribution in [2.45, 2.75) is 52.4 Å². The Balaban J connectivity index is 1.16. The van der Waals surface area contributed by atoms with Crippen LogP contribution in [0.1, 0.15) is 52.7 Å². The highest BCUT2D eigenvalue weighted by atomic mass is 16.3. The molecule has 0 spiro atoms. The summed E-state index contributed by atoms with van der Waals surface area (Å²) in [6.07, 6.45) is 0. The number of rotatable bonds is 7. The summed E-state index contributed by atoms with van der Waals surface area (Å²) in [7, 11) is 0. The monoisotopic (exact) mass is 890 g/mol. The second-order valence-electron chi connectivity index (χ2n) is 20.5. The van der Waals surface area contributed by atoms with Crippen molar-refractivity contribution in [1.29, 1.82) is 0 Å². The zero-order chi connectivity index (χ0) is 47.0. The lowest BCUT2D eigenvalue weighted by atomic mass is 9.78. The average Bonchev–Trinajstić information content (AvgIpc) is 3.92. The molecule has 12 aromatic rings. The largest absolute Gasteiger partial charge is 0.456 e. The van der Waals surface area contributed by atoms with Gasteiger partial charge < -0.3 is 13.9 Å². The lowest BCUT2D eigenvalue weighted by molar-refractivity contribution is 0.569. The highest BCUT2D eigenvalue weighted by Crippen LogP contribution is 2.51. The normalized spacial score (nSPS) is 12.2. The number of nitrogens with zero attached hydrogens (tertiary/aromatic N) is 2. The molecule has 0 saturated carbocycles. The Hall–Kier alpha value is -8.14. The van der Waals surface area contributed by atoms with Gasteiger partial charge in [-0.3, -0.25) is 0 Å². The van der Waals surface area contributed by atoms with Crippen LogP contribution in [-0.4, -0.2) is 4.57 Å². The summed E-state index contributed by atoms with van der Waals surface area (Å²) in [4.78, 5) is 2.52. The van der Waals surface area contributed by atoms with Crippen LogP contribution in [-0.2, 0) is 10.8 Å². The molecule has 0 amide bonds. The van der Waals surface area contributed by atoms with Crippen LogP contribution in [0.5, 0.6) is 0 Å². The van der Waals surface area contributed by atoms with Gasteiger partial charge in [0.25, 0.3) is 0 Å². The number of fused-ring (bicyclic) bond motifs is 7. The number of hydrogen-bond acceptors (Lipinski definition) is 2. The van der Waals surface area contributed by atoms with E-state index in [0.717, 1.165) is 72.4 Å². The number of benzene rings is 10. The Morgan fingerprint density at radius 2 is 0.913 bits per heavy atom. The molecule has 2 heterocycles. The first-order chi connectivity index (χ1) is 33.5. The first-order valence-electron chi connectivity index (χ1n) is 24.2. The lowest BCUT2D eigenvalue weighted by Gasteiger charge is -2.31. The zero-order valence-corrected chi connectivity index (χ0v) is 40.1. The van der Waals surface area contributed by atoms with Gasteiger partial charge in [-0.05, 0) is 116 Å². The first-order valence-corrected chi connectivity index (χ1v) is 24.2. The maximum absolute atomic E-state index is 6.54. The third-order valence-corrected chi connectivity index (χ3v) is 14.1. The first kappa shape index (κ1) is 42.2. The van der Waals surface area contributed by atoms with Gasteiger partial charge in [0.15, 0.2) is 0 Å².